The summed E-state index contributed by atoms with van der Waals surface area (Å²) in [7, 11) is 0. The van der Waals surface area contributed by atoms with E-state index in [-0.39, 0.29) is 0 Å². The second-order valence-corrected chi connectivity index (χ2v) is 3.45. The van der Waals surface area contributed by atoms with E-state index in [9.17, 15) is 0 Å². The van der Waals surface area contributed by atoms with Gasteiger partial charge in [0.15, 0.2) is 5.58 Å². The number of hydrogen-bond donors (Lipinski definition) is 0. The van der Waals surface area contributed by atoms with Gasteiger partial charge in [-0.3, -0.25) is 0 Å². The van der Waals surface area contributed by atoms with Crippen molar-refractivity contribution in [2.75, 3.05) is 0 Å². The van der Waals surface area contributed by atoms with Gasteiger partial charge < -0.3 is 4.42 Å². The number of aryl methyl sites for hydroxylation is 2. The maximum atomic E-state index is 5.98. The number of furan rings is 1. The average molecular weight is 181 g/mol. The minimum Gasteiger partial charge on any atom is -0.462 e. The van der Waals surface area contributed by atoms with Gasteiger partial charge in [-0.25, -0.2) is 0 Å². The number of benzene rings is 1. The minimum absolute atomic E-state index is 0.693. The second kappa shape index (κ2) is 2.53. The molecule has 0 fully saturated rings. The molecule has 12 heavy (non-hydrogen) atoms. The van der Waals surface area contributed by atoms with Crippen LogP contribution >= 0.6 is 11.6 Å². The van der Waals surface area contributed by atoms with Gasteiger partial charge in [-0.05, 0) is 37.1 Å². The molecule has 0 atom stereocenters. The monoisotopic (exact) mass is 180 g/mol. The zero-order valence-electron chi connectivity index (χ0n) is 7.02. The molecule has 0 radical (unpaired) electrons. The van der Waals surface area contributed by atoms with E-state index in [4.69, 9.17) is 16.0 Å². The smallest absolute Gasteiger partial charge is 0.152 e. The minimum atomic E-state index is 0.693. The first-order chi connectivity index (χ1) is 5.68. The van der Waals surface area contributed by atoms with E-state index < -0.39 is 0 Å². The van der Waals surface area contributed by atoms with Crippen molar-refractivity contribution in [3.8, 4) is 0 Å². The van der Waals surface area contributed by atoms with E-state index >= 15 is 0 Å². The van der Waals surface area contributed by atoms with E-state index in [0.29, 0.717) is 5.02 Å². The summed E-state index contributed by atoms with van der Waals surface area (Å²) in [5, 5.41) is 1.80. The number of halogens is 1. The van der Waals surface area contributed by atoms with Crippen molar-refractivity contribution in [3.05, 3.63) is 34.5 Å². The van der Waals surface area contributed by atoms with E-state index in [1.54, 1.807) is 6.26 Å². The molecule has 0 spiro atoms. The Hall–Kier alpha value is -0.950. The van der Waals surface area contributed by atoms with Crippen LogP contribution in [0.2, 0.25) is 5.02 Å². The van der Waals surface area contributed by atoms with Crippen LogP contribution in [0.3, 0.4) is 0 Å². The molecule has 0 bridgehead atoms. The van der Waals surface area contributed by atoms with Crippen LogP contribution in [-0.2, 0) is 0 Å². The average Bonchev–Trinajstić information content (AvgIpc) is 2.33. The highest BCUT2D eigenvalue weighted by atomic mass is 35.5. The number of hydrogen-bond acceptors (Lipinski definition) is 1. The molecule has 0 aliphatic carbocycles. The fourth-order valence-corrected chi connectivity index (χ4v) is 1.67. The number of fused-ring (bicyclic) bond motifs is 1. The maximum Gasteiger partial charge on any atom is 0.152 e. The van der Waals surface area contributed by atoms with Crippen LogP contribution in [0.25, 0.3) is 11.0 Å². The van der Waals surface area contributed by atoms with Gasteiger partial charge in [-0.15, -0.1) is 0 Å². The fourth-order valence-electron chi connectivity index (χ4n) is 1.35. The highest BCUT2D eigenvalue weighted by molar-refractivity contribution is 6.35. The Kier molecular flexibility index (Phi) is 1.62. The molecule has 0 unspecified atom stereocenters. The standard InChI is InChI=1S/C10H9ClO/c1-6-3-8-7(2)5-12-10(8)9(11)4-6/h3-5H,1-2H3. The summed E-state index contributed by atoms with van der Waals surface area (Å²) in [6.07, 6.45) is 1.73. The van der Waals surface area contributed by atoms with Gasteiger partial charge in [0.05, 0.1) is 11.3 Å². The Morgan fingerprint density at radius 1 is 1.25 bits per heavy atom. The molecule has 0 amide bonds. The zero-order chi connectivity index (χ0) is 8.72. The third kappa shape index (κ3) is 1.01. The molecule has 0 N–H and O–H groups in total. The lowest BCUT2D eigenvalue weighted by molar-refractivity contribution is 0.613. The molecule has 2 aromatic rings. The highest BCUT2D eigenvalue weighted by Gasteiger charge is 2.05. The lowest BCUT2D eigenvalue weighted by Crippen LogP contribution is -1.74. The molecule has 0 saturated carbocycles. The molecule has 1 heterocycles. The van der Waals surface area contributed by atoms with E-state index in [2.05, 4.69) is 6.07 Å². The SMILES string of the molecule is Cc1cc(Cl)c2occ(C)c2c1. The molecule has 0 aliphatic rings. The van der Waals surface area contributed by atoms with Crippen LogP contribution in [0.4, 0.5) is 0 Å². The summed E-state index contributed by atoms with van der Waals surface area (Å²) in [6.45, 7) is 4.04. The first-order valence-corrected chi connectivity index (χ1v) is 4.20. The largest absolute Gasteiger partial charge is 0.462 e. The quantitative estimate of drug-likeness (QED) is 0.603. The van der Waals surface area contributed by atoms with Gasteiger partial charge in [0.25, 0.3) is 0 Å². The van der Waals surface area contributed by atoms with Crippen molar-refractivity contribution in [2.24, 2.45) is 0 Å². The van der Waals surface area contributed by atoms with Crippen LogP contribution < -0.4 is 0 Å². The van der Waals surface area contributed by atoms with Crippen molar-refractivity contribution in [2.45, 2.75) is 13.8 Å². The van der Waals surface area contributed by atoms with E-state index in [1.807, 2.05) is 19.9 Å². The molecule has 2 rings (SSSR count). The topological polar surface area (TPSA) is 13.1 Å². The molecule has 0 aliphatic heterocycles. The molecular weight excluding hydrogens is 172 g/mol. The van der Waals surface area contributed by atoms with E-state index in [0.717, 1.165) is 22.1 Å². The Labute approximate surface area is 75.9 Å². The van der Waals surface area contributed by atoms with Crippen molar-refractivity contribution >= 4 is 22.6 Å². The summed E-state index contributed by atoms with van der Waals surface area (Å²) in [4.78, 5) is 0. The first-order valence-electron chi connectivity index (χ1n) is 3.82. The second-order valence-electron chi connectivity index (χ2n) is 3.04. The van der Waals surface area contributed by atoms with E-state index in [1.165, 1.54) is 0 Å². The lowest BCUT2D eigenvalue weighted by atomic mass is 10.1. The summed E-state index contributed by atoms with van der Waals surface area (Å²) < 4.78 is 5.30. The third-order valence-electron chi connectivity index (χ3n) is 1.97. The first kappa shape index (κ1) is 7.69. The molecule has 1 aromatic heterocycles. The summed E-state index contributed by atoms with van der Waals surface area (Å²) in [5.41, 5.74) is 3.09. The molecule has 2 heteroatoms. The normalized spacial score (nSPS) is 10.9. The predicted molar refractivity (Wildman–Crippen MR) is 50.7 cm³/mol. The van der Waals surface area contributed by atoms with Crippen LogP contribution in [0.1, 0.15) is 11.1 Å². The molecule has 0 saturated heterocycles. The summed E-state index contributed by atoms with van der Waals surface area (Å²) >= 11 is 5.98. The van der Waals surface area contributed by atoms with Crippen molar-refractivity contribution in [1.82, 2.24) is 0 Å². The lowest BCUT2D eigenvalue weighted by Gasteiger charge is -1.95. The number of rotatable bonds is 0. The zero-order valence-corrected chi connectivity index (χ0v) is 7.77. The Morgan fingerprint density at radius 3 is 2.75 bits per heavy atom. The van der Waals surface area contributed by atoms with Gasteiger partial charge in [0, 0.05) is 5.39 Å². The van der Waals surface area contributed by atoms with Gasteiger partial charge in [0.1, 0.15) is 0 Å². The van der Waals surface area contributed by atoms with Gasteiger partial charge in [-0.2, -0.15) is 0 Å². The van der Waals surface area contributed by atoms with Gasteiger partial charge >= 0.3 is 0 Å². The maximum absolute atomic E-state index is 5.98. The van der Waals surface area contributed by atoms with Gasteiger partial charge in [-0.1, -0.05) is 11.6 Å². The highest BCUT2D eigenvalue weighted by Crippen LogP contribution is 2.28. The fraction of sp³-hybridized carbons (Fsp3) is 0.200. The van der Waals surface area contributed by atoms with Gasteiger partial charge in [0.2, 0.25) is 0 Å². The van der Waals surface area contributed by atoms with Crippen LogP contribution in [-0.4, -0.2) is 0 Å². The predicted octanol–water partition coefficient (Wildman–Crippen LogP) is 3.70. The Bertz CT molecular complexity index is 429. The Balaban J connectivity index is 2.92. The third-order valence-corrected chi connectivity index (χ3v) is 2.25. The summed E-state index contributed by atoms with van der Waals surface area (Å²) in [5.74, 6) is 0. The van der Waals surface area contributed by atoms with Crippen molar-refractivity contribution < 1.29 is 4.42 Å². The van der Waals surface area contributed by atoms with Crippen molar-refractivity contribution in [1.29, 1.82) is 0 Å². The van der Waals surface area contributed by atoms with Crippen LogP contribution in [0.5, 0.6) is 0 Å². The molecule has 62 valence electrons. The Morgan fingerprint density at radius 2 is 2.00 bits per heavy atom. The van der Waals surface area contributed by atoms with Crippen molar-refractivity contribution in [3.63, 3.8) is 0 Å². The molecule has 1 nitrogen and oxygen atoms in total. The molecular formula is C10H9ClO. The van der Waals surface area contributed by atoms with Crippen LogP contribution in [0, 0.1) is 13.8 Å². The van der Waals surface area contributed by atoms with Crippen LogP contribution in [0.15, 0.2) is 22.8 Å². The summed E-state index contributed by atoms with van der Waals surface area (Å²) in [6, 6.07) is 3.99. The molecule has 1 aromatic carbocycles.